The molecule has 1 N–H and O–H groups in total. The molecule has 0 spiro atoms. The number of hydrogen-bond acceptors (Lipinski definition) is 3. The number of benzene rings is 1. The van der Waals surface area contributed by atoms with Crippen molar-refractivity contribution in [1.82, 2.24) is 19.9 Å². The molecule has 1 aromatic carbocycles. The van der Waals surface area contributed by atoms with Crippen molar-refractivity contribution in [2.75, 3.05) is 0 Å². The number of rotatable bonds is 3. The molecule has 0 fully saturated rings. The van der Waals surface area contributed by atoms with Gasteiger partial charge in [-0.25, -0.2) is 9.50 Å². The second-order valence-corrected chi connectivity index (χ2v) is 7.19. The first-order chi connectivity index (χ1) is 12.7. The van der Waals surface area contributed by atoms with Crippen molar-refractivity contribution in [3.8, 4) is 0 Å². The standard InChI is InChI=1S/C20H21ClN4O/c21-16-8-5-6-14(10-16)11-23-20(26)17-13-24-25-18-9-4-2-1-3-7-15(18)12-22-19(17)25/h5-6,8,10,12-13H,1-4,7,9,11H2,(H,23,26). The van der Waals surface area contributed by atoms with Crippen molar-refractivity contribution in [2.45, 2.75) is 45.1 Å². The number of nitrogens with zero attached hydrogens (tertiary/aromatic N) is 3. The fraction of sp³-hybridized carbons (Fsp3) is 0.350. The van der Waals surface area contributed by atoms with E-state index in [1.54, 1.807) is 6.20 Å². The van der Waals surface area contributed by atoms with E-state index in [9.17, 15) is 4.79 Å². The zero-order chi connectivity index (χ0) is 17.9. The number of aryl methyl sites for hydroxylation is 2. The van der Waals surface area contributed by atoms with E-state index in [4.69, 9.17) is 11.6 Å². The van der Waals surface area contributed by atoms with Gasteiger partial charge in [0.25, 0.3) is 5.91 Å². The molecule has 3 aromatic rings. The number of aromatic nitrogens is 3. The third kappa shape index (κ3) is 3.44. The van der Waals surface area contributed by atoms with E-state index in [1.165, 1.54) is 30.5 Å². The number of carbonyl (C=O) groups is 1. The van der Waals surface area contributed by atoms with Gasteiger partial charge >= 0.3 is 0 Å². The molecule has 0 unspecified atom stereocenters. The molecule has 0 saturated heterocycles. The SMILES string of the molecule is O=C(NCc1cccc(Cl)c1)c1cnn2c3c(cnc12)CCCCCC3. The number of hydrogen-bond donors (Lipinski definition) is 1. The molecule has 0 bridgehead atoms. The molecule has 1 amide bonds. The maximum Gasteiger partial charge on any atom is 0.257 e. The topological polar surface area (TPSA) is 59.3 Å². The first kappa shape index (κ1) is 17.0. The van der Waals surface area contributed by atoms with Crippen molar-refractivity contribution < 1.29 is 4.79 Å². The predicted octanol–water partition coefficient (Wildman–Crippen LogP) is 3.97. The minimum absolute atomic E-state index is 0.168. The van der Waals surface area contributed by atoms with Crippen LogP contribution in [0.3, 0.4) is 0 Å². The molecule has 134 valence electrons. The van der Waals surface area contributed by atoms with E-state index in [0.717, 1.165) is 24.8 Å². The van der Waals surface area contributed by atoms with E-state index in [1.807, 2.05) is 35.0 Å². The maximum atomic E-state index is 12.6. The van der Waals surface area contributed by atoms with Gasteiger partial charge in [-0.15, -0.1) is 0 Å². The summed E-state index contributed by atoms with van der Waals surface area (Å²) >= 11 is 5.99. The molecule has 2 aromatic heterocycles. The van der Waals surface area contributed by atoms with Crippen molar-refractivity contribution >= 4 is 23.2 Å². The molecule has 5 nitrogen and oxygen atoms in total. The number of amides is 1. The Bertz CT molecular complexity index is 950. The molecule has 2 heterocycles. The molecule has 6 heteroatoms. The zero-order valence-electron chi connectivity index (χ0n) is 14.5. The number of nitrogens with one attached hydrogen (secondary N) is 1. The second-order valence-electron chi connectivity index (χ2n) is 6.75. The fourth-order valence-corrected chi connectivity index (χ4v) is 3.75. The lowest BCUT2D eigenvalue weighted by atomic mass is 9.98. The van der Waals surface area contributed by atoms with Gasteiger partial charge in [0.15, 0.2) is 5.65 Å². The quantitative estimate of drug-likeness (QED) is 0.760. The summed E-state index contributed by atoms with van der Waals surface area (Å²) in [5.41, 5.74) is 4.56. The van der Waals surface area contributed by atoms with Crippen LogP contribution in [0.1, 0.15) is 52.9 Å². The molecule has 4 rings (SSSR count). The fourth-order valence-electron chi connectivity index (χ4n) is 3.53. The van der Waals surface area contributed by atoms with Crippen molar-refractivity contribution in [3.63, 3.8) is 0 Å². The van der Waals surface area contributed by atoms with Gasteiger partial charge in [0.05, 0.1) is 6.20 Å². The van der Waals surface area contributed by atoms with Crippen LogP contribution in [0, 0.1) is 0 Å². The van der Waals surface area contributed by atoms with Gasteiger partial charge in [-0.1, -0.05) is 36.6 Å². The van der Waals surface area contributed by atoms with Crippen molar-refractivity contribution in [1.29, 1.82) is 0 Å². The molecule has 0 saturated carbocycles. The van der Waals surface area contributed by atoms with Crippen LogP contribution in [0.15, 0.2) is 36.7 Å². The van der Waals surface area contributed by atoms with E-state index < -0.39 is 0 Å². The lowest BCUT2D eigenvalue weighted by Crippen LogP contribution is -2.23. The summed E-state index contributed by atoms with van der Waals surface area (Å²) < 4.78 is 1.86. The van der Waals surface area contributed by atoms with Crippen LogP contribution < -0.4 is 5.32 Å². The Kier molecular flexibility index (Phi) is 4.89. The lowest BCUT2D eigenvalue weighted by molar-refractivity contribution is 0.0952. The highest BCUT2D eigenvalue weighted by Gasteiger charge is 2.18. The van der Waals surface area contributed by atoms with Gasteiger partial charge in [0.2, 0.25) is 0 Å². The monoisotopic (exact) mass is 368 g/mol. The van der Waals surface area contributed by atoms with E-state index in [2.05, 4.69) is 15.4 Å². The molecule has 1 aliphatic rings. The molecule has 0 aliphatic heterocycles. The highest BCUT2D eigenvalue weighted by molar-refractivity contribution is 6.30. The number of halogens is 1. The summed E-state index contributed by atoms with van der Waals surface area (Å²) in [6, 6.07) is 7.47. The Morgan fingerprint density at radius 1 is 1.15 bits per heavy atom. The molecular formula is C20H21ClN4O. The molecular weight excluding hydrogens is 348 g/mol. The van der Waals surface area contributed by atoms with Crippen LogP contribution in [0.4, 0.5) is 0 Å². The van der Waals surface area contributed by atoms with Gasteiger partial charge in [-0.2, -0.15) is 5.10 Å². The largest absolute Gasteiger partial charge is 0.348 e. The van der Waals surface area contributed by atoms with Gasteiger partial charge < -0.3 is 5.32 Å². The Hall–Kier alpha value is -2.40. The first-order valence-electron chi connectivity index (χ1n) is 9.09. The molecule has 0 radical (unpaired) electrons. The van der Waals surface area contributed by atoms with Crippen molar-refractivity contribution in [3.05, 3.63) is 64.1 Å². The second kappa shape index (κ2) is 7.46. The molecule has 1 aliphatic carbocycles. The summed E-state index contributed by atoms with van der Waals surface area (Å²) in [7, 11) is 0. The van der Waals surface area contributed by atoms with Crippen LogP contribution >= 0.6 is 11.6 Å². The normalized spacial score (nSPS) is 14.5. The average molecular weight is 369 g/mol. The van der Waals surface area contributed by atoms with Gasteiger partial charge in [0, 0.05) is 23.5 Å². The number of fused-ring (bicyclic) bond motifs is 3. The van der Waals surface area contributed by atoms with Crippen LogP contribution in [0.25, 0.3) is 5.65 Å². The third-order valence-corrected chi connectivity index (χ3v) is 5.14. The lowest BCUT2D eigenvalue weighted by Gasteiger charge is -2.14. The van der Waals surface area contributed by atoms with Gasteiger partial charge in [0.1, 0.15) is 5.56 Å². The van der Waals surface area contributed by atoms with Crippen LogP contribution in [0.2, 0.25) is 5.02 Å². The summed E-state index contributed by atoms with van der Waals surface area (Å²) in [6.07, 6.45) is 10.4. The van der Waals surface area contributed by atoms with Crippen LogP contribution in [0.5, 0.6) is 0 Å². The molecule has 26 heavy (non-hydrogen) atoms. The Balaban J connectivity index is 1.58. The van der Waals surface area contributed by atoms with Crippen LogP contribution in [-0.4, -0.2) is 20.5 Å². The minimum Gasteiger partial charge on any atom is -0.348 e. The van der Waals surface area contributed by atoms with E-state index >= 15 is 0 Å². The van der Waals surface area contributed by atoms with Gasteiger partial charge in [-0.3, -0.25) is 4.79 Å². The summed E-state index contributed by atoms with van der Waals surface area (Å²) in [6.45, 7) is 0.418. The Morgan fingerprint density at radius 2 is 2.00 bits per heavy atom. The summed E-state index contributed by atoms with van der Waals surface area (Å²) in [5.74, 6) is -0.168. The van der Waals surface area contributed by atoms with Crippen LogP contribution in [-0.2, 0) is 19.4 Å². The third-order valence-electron chi connectivity index (χ3n) is 4.91. The highest BCUT2D eigenvalue weighted by Crippen LogP contribution is 2.21. The molecule has 0 atom stereocenters. The van der Waals surface area contributed by atoms with E-state index in [-0.39, 0.29) is 5.91 Å². The average Bonchev–Trinajstić information content (AvgIpc) is 3.04. The van der Waals surface area contributed by atoms with Gasteiger partial charge in [-0.05, 0) is 48.9 Å². The smallest absolute Gasteiger partial charge is 0.257 e. The summed E-state index contributed by atoms with van der Waals surface area (Å²) in [5, 5.41) is 8.06. The van der Waals surface area contributed by atoms with Crippen molar-refractivity contribution in [2.24, 2.45) is 0 Å². The summed E-state index contributed by atoms with van der Waals surface area (Å²) in [4.78, 5) is 17.2. The first-order valence-corrected chi connectivity index (χ1v) is 9.47. The maximum absolute atomic E-state index is 12.6. The number of carbonyl (C=O) groups excluding carboxylic acids is 1. The Morgan fingerprint density at radius 3 is 2.85 bits per heavy atom. The predicted molar refractivity (Wildman–Crippen MR) is 101 cm³/mol. The zero-order valence-corrected chi connectivity index (χ0v) is 15.3. The Labute approximate surface area is 157 Å². The van der Waals surface area contributed by atoms with E-state index in [0.29, 0.717) is 22.8 Å². The minimum atomic E-state index is -0.168. The highest BCUT2D eigenvalue weighted by atomic mass is 35.5.